The predicted octanol–water partition coefficient (Wildman–Crippen LogP) is 1.34. The van der Waals surface area contributed by atoms with E-state index in [1.165, 1.54) is 11.1 Å². The van der Waals surface area contributed by atoms with Crippen molar-refractivity contribution in [2.45, 2.75) is 0 Å². The lowest BCUT2D eigenvalue weighted by atomic mass is 10.1. The molecule has 1 atom stereocenters. The summed E-state index contributed by atoms with van der Waals surface area (Å²) in [5.41, 5.74) is 0.441. The molecule has 1 aromatic carbocycles. The van der Waals surface area contributed by atoms with Crippen LogP contribution in [0.15, 0.2) is 29.3 Å². The molecule has 1 saturated heterocycles. The van der Waals surface area contributed by atoms with Gasteiger partial charge in [-0.3, -0.25) is 19.5 Å². The molecule has 0 aliphatic carbocycles. The minimum atomic E-state index is -1.01. The quantitative estimate of drug-likeness (QED) is 0.493. The van der Waals surface area contributed by atoms with Crippen LogP contribution < -0.4 is 10.2 Å². The lowest BCUT2D eigenvalue weighted by Crippen LogP contribution is -2.58. The lowest BCUT2D eigenvalue weighted by Gasteiger charge is -2.31. The summed E-state index contributed by atoms with van der Waals surface area (Å²) in [6, 6.07) is 6.82. The maximum absolute atomic E-state index is 12.6. The molecule has 1 aromatic rings. The van der Waals surface area contributed by atoms with E-state index in [4.69, 9.17) is 23.8 Å². The van der Waals surface area contributed by atoms with Gasteiger partial charge in [-0.1, -0.05) is 23.7 Å². The molecule has 8 heteroatoms. The van der Waals surface area contributed by atoms with E-state index in [0.717, 1.165) is 6.54 Å². The van der Waals surface area contributed by atoms with Gasteiger partial charge in [-0.25, -0.2) is 0 Å². The van der Waals surface area contributed by atoms with E-state index in [2.05, 4.69) is 10.3 Å². The Hall–Kier alpha value is -1.83. The molecule has 122 valence electrons. The van der Waals surface area contributed by atoms with Crippen molar-refractivity contribution in [1.82, 2.24) is 10.2 Å². The Labute approximate surface area is 145 Å². The Morgan fingerprint density at radius 1 is 1.39 bits per heavy atom. The fourth-order valence-electron chi connectivity index (χ4n) is 2.02. The van der Waals surface area contributed by atoms with Crippen molar-refractivity contribution in [1.29, 1.82) is 0 Å². The molecular formula is C15H17ClN4O2S. The van der Waals surface area contributed by atoms with E-state index >= 15 is 0 Å². The Kier molecular flexibility index (Phi) is 5.81. The van der Waals surface area contributed by atoms with Crippen molar-refractivity contribution in [2.75, 3.05) is 32.1 Å². The smallest absolute Gasteiger partial charge is 0.251 e. The van der Waals surface area contributed by atoms with Gasteiger partial charge in [0.1, 0.15) is 0 Å². The zero-order valence-electron chi connectivity index (χ0n) is 12.8. The van der Waals surface area contributed by atoms with Crippen LogP contribution in [0.25, 0.3) is 0 Å². The standard InChI is InChI=1S/C15H17ClN4O2S/c1-19(2)8-7-17-9-10-13(21)18-15(23)20(14(10)22)12-6-4-3-5-11(12)16/h3-6,9-10H,7-8H2,1-2H3,(H,18,21,23). The van der Waals surface area contributed by atoms with Crippen LogP contribution in [0.5, 0.6) is 0 Å². The molecule has 1 fully saturated rings. The van der Waals surface area contributed by atoms with Crippen molar-refractivity contribution in [3.63, 3.8) is 0 Å². The number of halogens is 1. The number of carbonyl (C=O) groups excluding carboxylic acids is 2. The largest absolute Gasteiger partial charge is 0.308 e. The van der Waals surface area contributed by atoms with Crippen molar-refractivity contribution < 1.29 is 9.59 Å². The maximum atomic E-state index is 12.6. The molecule has 1 aliphatic heterocycles. The first-order valence-electron chi connectivity index (χ1n) is 7.00. The second kappa shape index (κ2) is 7.63. The number of aliphatic imine (C=N–C) groups is 1. The van der Waals surface area contributed by atoms with Crippen LogP contribution in [0.4, 0.5) is 5.69 Å². The highest BCUT2D eigenvalue weighted by molar-refractivity contribution is 7.80. The average Bonchev–Trinajstić information content (AvgIpc) is 2.47. The summed E-state index contributed by atoms with van der Waals surface area (Å²) in [6.07, 6.45) is 1.37. The van der Waals surface area contributed by atoms with Crippen LogP contribution >= 0.6 is 23.8 Å². The third kappa shape index (κ3) is 4.13. The number of carbonyl (C=O) groups is 2. The van der Waals surface area contributed by atoms with Gasteiger partial charge in [-0.15, -0.1) is 0 Å². The van der Waals surface area contributed by atoms with Crippen LogP contribution in [0, 0.1) is 5.92 Å². The van der Waals surface area contributed by atoms with Crippen LogP contribution in [0.2, 0.25) is 5.02 Å². The molecule has 1 heterocycles. The van der Waals surface area contributed by atoms with Gasteiger partial charge in [-0.2, -0.15) is 0 Å². The average molecular weight is 353 g/mol. The molecule has 2 amide bonds. The van der Waals surface area contributed by atoms with Gasteiger partial charge < -0.3 is 10.2 Å². The number of rotatable bonds is 5. The molecule has 0 bridgehead atoms. The number of hydrogen-bond donors (Lipinski definition) is 1. The molecule has 0 saturated carbocycles. The highest BCUT2D eigenvalue weighted by atomic mass is 35.5. The van der Waals surface area contributed by atoms with Crippen LogP contribution in [-0.2, 0) is 9.59 Å². The van der Waals surface area contributed by atoms with E-state index in [9.17, 15) is 9.59 Å². The number of amides is 2. The van der Waals surface area contributed by atoms with Crippen molar-refractivity contribution in [2.24, 2.45) is 10.9 Å². The number of likely N-dealkylation sites (N-methyl/N-ethyl adjacent to an activating group) is 1. The van der Waals surface area contributed by atoms with Crippen molar-refractivity contribution >= 4 is 52.6 Å². The highest BCUT2D eigenvalue weighted by Crippen LogP contribution is 2.28. The normalized spacial score (nSPS) is 18.9. The first-order valence-corrected chi connectivity index (χ1v) is 7.78. The van der Waals surface area contributed by atoms with Gasteiger partial charge in [0.15, 0.2) is 11.0 Å². The molecule has 23 heavy (non-hydrogen) atoms. The lowest BCUT2D eigenvalue weighted by molar-refractivity contribution is -0.130. The van der Waals surface area contributed by atoms with Crippen LogP contribution in [0.3, 0.4) is 0 Å². The first-order chi connectivity index (χ1) is 10.9. The van der Waals surface area contributed by atoms with E-state index in [-0.39, 0.29) is 5.11 Å². The number of para-hydroxylation sites is 1. The fraction of sp³-hybridized carbons (Fsp3) is 0.333. The van der Waals surface area contributed by atoms with E-state index < -0.39 is 17.7 Å². The summed E-state index contributed by atoms with van der Waals surface area (Å²) in [6.45, 7) is 1.23. The Bertz CT molecular complexity index is 663. The van der Waals surface area contributed by atoms with Crippen LogP contribution in [-0.4, -0.2) is 55.2 Å². The van der Waals surface area contributed by atoms with Gasteiger partial charge >= 0.3 is 0 Å². The third-order valence-electron chi connectivity index (χ3n) is 3.23. The maximum Gasteiger partial charge on any atom is 0.251 e. The van der Waals surface area contributed by atoms with Gasteiger partial charge in [0.2, 0.25) is 5.91 Å². The fourth-order valence-corrected chi connectivity index (χ4v) is 2.53. The van der Waals surface area contributed by atoms with Gasteiger partial charge in [0, 0.05) is 12.8 Å². The number of benzene rings is 1. The molecule has 6 nitrogen and oxygen atoms in total. The predicted molar refractivity (Wildman–Crippen MR) is 95.1 cm³/mol. The molecule has 0 aromatic heterocycles. The molecule has 1 unspecified atom stereocenters. The number of hydrogen-bond acceptors (Lipinski definition) is 5. The Morgan fingerprint density at radius 2 is 2.09 bits per heavy atom. The first kappa shape index (κ1) is 17.5. The number of nitrogens with one attached hydrogen (secondary N) is 1. The minimum Gasteiger partial charge on any atom is -0.308 e. The zero-order chi connectivity index (χ0) is 17.0. The summed E-state index contributed by atoms with van der Waals surface area (Å²) >= 11 is 11.2. The van der Waals surface area contributed by atoms with Gasteiger partial charge in [0.25, 0.3) is 5.91 Å². The van der Waals surface area contributed by atoms with Crippen molar-refractivity contribution in [3.8, 4) is 0 Å². The summed E-state index contributed by atoms with van der Waals surface area (Å²) in [4.78, 5) is 32.0. The third-order valence-corrected chi connectivity index (χ3v) is 3.83. The van der Waals surface area contributed by atoms with Crippen molar-refractivity contribution in [3.05, 3.63) is 29.3 Å². The second-order valence-corrected chi connectivity index (χ2v) is 6.05. The monoisotopic (exact) mass is 352 g/mol. The molecule has 0 spiro atoms. The Morgan fingerprint density at radius 3 is 2.74 bits per heavy atom. The van der Waals surface area contributed by atoms with E-state index in [1.54, 1.807) is 24.3 Å². The molecule has 2 rings (SSSR count). The zero-order valence-corrected chi connectivity index (χ0v) is 14.4. The second-order valence-electron chi connectivity index (χ2n) is 5.26. The summed E-state index contributed by atoms with van der Waals surface area (Å²) in [7, 11) is 3.84. The van der Waals surface area contributed by atoms with E-state index in [1.807, 2.05) is 19.0 Å². The summed E-state index contributed by atoms with van der Waals surface area (Å²) in [5.74, 6) is -1.95. The molecule has 0 radical (unpaired) electrons. The van der Waals surface area contributed by atoms with Gasteiger partial charge in [-0.05, 0) is 38.4 Å². The Balaban J connectivity index is 2.22. The SMILES string of the molecule is CN(C)CCN=CC1C(=O)NC(=S)N(c2ccccc2Cl)C1=O. The van der Waals surface area contributed by atoms with Crippen LogP contribution in [0.1, 0.15) is 0 Å². The van der Waals surface area contributed by atoms with Gasteiger partial charge in [0.05, 0.1) is 17.3 Å². The number of anilines is 1. The number of thiocarbonyl (C=S) groups is 1. The topological polar surface area (TPSA) is 65.0 Å². The van der Waals surface area contributed by atoms with E-state index in [0.29, 0.717) is 17.3 Å². The number of nitrogens with zero attached hydrogens (tertiary/aromatic N) is 3. The highest BCUT2D eigenvalue weighted by Gasteiger charge is 2.38. The molecule has 1 aliphatic rings. The minimum absolute atomic E-state index is 0.0195. The molecule has 1 N–H and O–H groups in total. The summed E-state index contributed by atoms with van der Waals surface area (Å²) < 4.78 is 0. The molecular weight excluding hydrogens is 336 g/mol. The summed E-state index contributed by atoms with van der Waals surface area (Å²) in [5, 5.41) is 2.92.